The van der Waals surface area contributed by atoms with Gasteiger partial charge in [-0.2, -0.15) is 0 Å². The number of thiophene rings is 1. The highest BCUT2D eigenvalue weighted by molar-refractivity contribution is 7.12. The fraction of sp³-hybridized carbons (Fsp3) is 0. The van der Waals surface area contributed by atoms with Gasteiger partial charge < -0.3 is 4.74 Å². The van der Waals surface area contributed by atoms with E-state index in [4.69, 9.17) is 4.74 Å². The monoisotopic (exact) mass is 408 g/mol. The molecule has 2 heterocycles. The number of benzene rings is 2. The maximum Gasteiger partial charge on any atom is 0.353 e. The van der Waals surface area contributed by atoms with Crippen LogP contribution in [0.5, 0.6) is 5.75 Å². The van der Waals surface area contributed by atoms with Crippen LogP contribution in [-0.2, 0) is 9.59 Å². The van der Waals surface area contributed by atoms with E-state index in [-0.39, 0.29) is 5.57 Å². The number of carbonyl (C=O) groups excluding carboxylic acids is 3. The van der Waals surface area contributed by atoms with Gasteiger partial charge in [0.05, 0.1) is 5.69 Å². The van der Waals surface area contributed by atoms with Crippen molar-refractivity contribution in [2.24, 2.45) is 0 Å². The van der Waals surface area contributed by atoms with Gasteiger partial charge in [0.2, 0.25) is 0 Å². The van der Waals surface area contributed by atoms with Crippen LogP contribution in [-0.4, -0.2) is 17.8 Å². The lowest BCUT2D eigenvalue weighted by Gasteiger charge is -2.14. The molecule has 0 atom stereocenters. The number of nitrogens with one attached hydrogen (secondary N) is 1. The summed E-state index contributed by atoms with van der Waals surface area (Å²) in [4.78, 5) is 37.2. The number of amides is 2. The number of ether oxygens (including phenoxy) is 1. The fourth-order valence-corrected chi connectivity index (χ4v) is 3.28. The Kier molecular flexibility index (Phi) is 4.92. The van der Waals surface area contributed by atoms with Gasteiger partial charge >= 0.3 is 5.97 Å². The molecular formula is C21H13FN2O4S. The Bertz CT molecular complexity index is 1110. The summed E-state index contributed by atoms with van der Waals surface area (Å²) in [6.07, 6.45) is 1.44. The maximum absolute atomic E-state index is 13.1. The predicted molar refractivity (Wildman–Crippen MR) is 106 cm³/mol. The molecule has 2 amide bonds. The van der Waals surface area contributed by atoms with Gasteiger partial charge in [-0.05, 0) is 59.5 Å². The van der Waals surface area contributed by atoms with E-state index in [1.807, 2.05) is 0 Å². The Hall–Kier alpha value is -3.78. The standard InChI is InChI=1S/C21H13FN2O4S/c22-14-5-7-15(8-6-14)24-20(26)17(19(25)23-24)12-13-3-9-16(10-4-13)28-21(27)18-2-1-11-29-18/h1-12H,(H,23,25)/b17-12+. The highest BCUT2D eigenvalue weighted by atomic mass is 32.1. The first-order valence-electron chi connectivity index (χ1n) is 8.50. The number of esters is 1. The van der Waals surface area contributed by atoms with Crippen LogP contribution in [0.4, 0.5) is 10.1 Å². The van der Waals surface area contributed by atoms with Crippen LogP contribution in [0.3, 0.4) is 0 Å². The van der Waals surface area contributed by atoms with Crippen LogP contribution in [0.15, 0.2) is 71.6 Å². The molecule has 0 saturated carbocycles. The van der Waals surface area contributed by atoms with Crippen LogP contribution in [0.25, 0.3) is 6.08 Å². The molecule has 0 radical (unpaired) electrons. The van der Waals surface area contributed by atoms with Crippen LogP contribution < -0.4 is 15.2 Å². The molecular weight excluding hydrogens is 395 g/mol. The van der Waals surface area contributed by atoms with E-state index in [1.165, 1.54) is 41.7 Å². The third-order valence-electron chi connectivity index (χ3n) is 4.10. The Balaban J connectivity index is 1.50. The van der Waals surface area contributed by atoms with Crippen molar-refractivity contribution in [2.75, 3.05) is 5.01 Å². The molecule has 4 rings (SSSR count). The van der Waals surface area contributed by atoms with E-state index in [9.17, 15) is 18.8 Å². The van der Waals surface area contributed by atoms with Gasteiger partial charge in [-0.15, -0.1) is 11.3 Å². The number of anilines is 1. The summed E-state index contributed by atoms with van der Waals surface area (Å²) in [5.41, 5.74) is 3.33. The molecule has 1 fully saturated rings. The van der Waals surface area contributed by atoms with Crippen molar-refractivity contribution in [3.05, 3.63) is 87.9 Å². The molecule has 6 nitrogen and oxygen atoms in total. The molecule has 1 aromatic heterocycles. The maximum atomic E-state index is 13.1. The highest BCUT2D eigenvalue weighted by Crippen LogP contribution is 2.23. The normalized spacial score (nSPS) is 14.9. The molecule has 3 aromatic rings. The number of hydrazine groups is 1. The average molecular weight is 408 g/mol. The SMILES string of the molecule is O=C1NN(c2ccc(F)cc2)C(=O)/C1=C/c1ccc(OC(=O)c2cccs2)cc1. The van der Waals surface area contributed by atoms with E-state index in [0.717, 1.165) is 5.01 Å². The summed E-state index contributed by atoms with van der Waals surface area (Å²) in [6.45, 7) is 0. The summed E-state index contributed by atoms with van der Waals surface area (Å²) in [5.74, 6) is -1.66. The number of nitrogens with zero attached hydrogens (tertiary/aromatic N) is 1. The predicted octanol–water partition coefficient (Wildman–Crippen LogP) is 3.57. The second-order valence-electron chi connectivity index (χ2n) is 6.05. The summed E-state index contributed by atoms with van der Waals surface area (Å²) >= 11 is 1.28. The van der Waals surface area contributed by atoms with Crippen molar-refractivity contribution >= 4 is 40.9 Å². The van der Waals surface area contributed by atoms with E-state index >= 15 is 0 Å². The van der Waals surface area contributed by atoms with Crippen molar-refractivity contribution < 1.29 is 23.5 Å². The Labute approximate surface area is 168 Å². The molecule has 0 unspecified atom stereocenters. The molecule has 0 aliphatic carbocycles. The molecule has 29 heavy (non-hydrogen) atoms. The molecule has 1 aliphatic heterocycles. The van der Waals surface area contributed by atoms with Crippen LogP contribution in [0, 0.1) is 5.82 Å². The molecule has 8 heteroatoms. The van der Waals surface area contributed by atoms with Crippen LogP contribution >= 0.6 is 11.3 Å². The number of halogens is 1. The molecule has 0 bridgehead atoms. The van der Waals surface area contributed by atoms with E-state index < -0.39 is 23.6 Å². The Morgan fingerprint density at radius 3 is 2.41 bits per heavy atom. The molecule has 1 N–H and O–H groups in total. The minimum absolute atomic E-state index is 0.0577. The first-order valence-corrected chi connectivity index (χ1v) is 9.38. The van der Waals surface area contributed by atoms with E-state index in [0.29, 0.717) is 21.9 Å². The van der Waals surface area contributed by atoms with Gasteiger partial charge in [0.25, 0.3) is 11.8 Å². The zero-order valence-corrected chi connectivity index (χ0v) is 15.6. The first kappa shape index (κ1) is 18.6. The number of carbonyl (C=O) groups is 3. The van der Waals surface area contributed by atoms with Gasteiger partial charge in [-0.25, -0.2) is 14.2 Å². The molecule has 1 aliphatic rings. The lowest BCUT2D eigenvalue weighted by Crippen LogP contribution is -2.35. The lowest BCUT2D eigenvalue weighted by atomic mass is 10.1. The minimum Gasteiger partial charge on any atom is -0.422 e. The largest absolute Gasteiger partial charge is 0.422 e. The quantitative estimate of drug-likeness (QED) is 0.310. The summed E-state index contributed by atoms with van der Waals surface area (Å²) < 4.78 is 18.3. The topological polar surface area (TPSA) is 75.7 Å². The van der Waals surface area contributed by atoms with Crippen molar-refractivity contribution in [3.8, 4) is 5.75 Å². The zero-order chi connectivity index (χ0) is 20.4. The minimum atomic E-state index is -0.562. The van der Waals surface area contributed by atoms with Gasteiger partial charge in [0.15, 0.2) is 0 Å². The third-order valence-corrected chi connectivity index (χ3v) is 4.95. The second kappa shape index (κ2) is 7.69. The van der Waals surface area contributed by atoms with Gasteiger partial charge in [-0.3, -0.25) is 15.0 Å². The van der Waals surface area contributed by atoms with Crippen molar-refractivity contribution in [1.29, 1.82) is 0 Å². The smallest absolute Gasteiger partial charge is 0.353 e. The summed E-state index contributed by atoms with van der Waals surface area (Å²) in [5, 5.41) is 2.84. The van der Waals surface area contributed by atoms with Crippen molar-refractivity contribution in [3.63, 3.8) is 0 Å². The van der Waals surface area contributed by atoms with E-state index in [1.54, 1.807) is 41.8 Å². The van der Waals surface area contributed by atoms with Gasteiger partial charge in [-0.1, -0.05) is 18.2 Å². The fourth-order valence-electron chi connectivity index (χ4n) is 2.68. The number of hydrogen-bond donors (Lipinski definition) is 1. The van der Waals surface area contributed by atoms with Crippen LogP contribution in [0.1, 0.15) is 15.2 Å². The van der Waals surface area contributed by atoms with Gasteiger partial charge in [0, 0.05) is 0 Å². The summed E-state index contributed by atoms with van der Waals surface area (Å²) in [6, 6.07) is 15.0. The molecule has 1 saturated heterocycles. The van der Waals surface area contributed by atoms with Crippen LogP contribution in [0.2, 0.25) is 0 Å². The first-order chi connectivity index (χ1) is 14.0. The summed E-state index contributed by atoms with van der Waals surface area (Å²) in [7, 11) is 0. The third kappa shape index (κ3) is 3.92. The Morgan fingerprint density at radius 1 is 1.03 bits per heavy atom. The van der Waals surface area contributed by atoms with Gasteiger partial charge in [0.1, 0.15) is 22.0 Å². The second-order valence-corrected chi connectivity index (χ2v) is 7.00. The molecule has 144 valence electrons. The average Bonchev–Trinajstić information content (AvgIpc) is 3.35. The number of rotatable bonds is 4. The zero-order valence-electron chi connectivity index (χ0n) is 14.8. The molecule has 2 aromatic carbocycles. The molecule has 0 spiro atoms. The lowest BCUT2D eigenvalue weighted by molar-refractivity contribution is -0.117. The van der Waals surface area contributed by atoms with E-state index in [2.05, 4.69) is 5.43 Å². The number of hydrogen-bond acceptors (Lipinski definition) is 5. The Morgan fingerprint density at radius 2 is 1.76 bits per heavy atom. The van der Waals surface area contributed by atoms with Crippen molar-refractivity contribution in [1.82, 2.24) is 5.43 Å². The van der Waals surface area contributed by atoms with Crippen molar-refractivity contribution in [2.45, 2.75) is 0 Å². The highest BCUT2D eigenvalue weighted by Gasteiger charge is 2.34.